The summed E-state index contributed by atoms with van der Waals surface area (Å²) in [6, 6.07) is 15.3. The van der Waals surface area contributed by atoms with Crippen LogP contribution in [-0.4, -0.2) is 68.7 Å². The third-order valence-corrected chi connectivity index (χ3v) is 8.81. The van der Waals surface area contributed by atoms with Crippen LogP contribution in [0.25, 0.3) is 0 Å². The maximum absolute atomic E-state index is 14.5. The third kappa shape index (κ3) is 4.75. The number of carbonyl (C=O) groups excluding carboxylic acids is 2. The number of hydrogen-bond acceptors (Lipinski definition) is 8. The maximum atomic E-state index is 14.5. The van der Waals surface area contributed by atoms with Gasteiger partial charge in [0.15, 0.2) is 5.60 Å². The van der Waals surface area contributed by atoms with E-state index in [4.69, 9.17) is 9.47 Å². The largest absolute Gasteiger partial charge is 0.447 e. The van der Waals surface area contributed by atoms with Gasteiger partial charge in [-0.2, -0.15) is 0 Å². The van der Waals surface area contributed by atoms with Crippen LogP contribution in [0.5, 0.6) is 0 Å². The number of aliphatic hydroxyl groups excluding tert-OH is 1. The SMILES string of the molecule is C[C@H]1[C@H](C(C)(C)O)[C@@H](CCn2cc(CCO)nn2)O[C@]12C(=O)N(Cc1cccc(N3CCOC3=O)c1)c1ccccc12. The number of aromatic nitrogens is 3. The van der Waals surface area contributed by atoms with Crippen LogP contribution >= 0.6 is 0 Å². The molecule has 2 aromatic carbocycles. The standard InChI is InChI=1S/C31H37N5O6/c1-20-27(30(2,3)40)26(11-13-34-19-22(12-15-37)32-33-34)42-31(20)24-9-4-5-10-25(24)36(28(31)38)18-21-7-6-8-23(17-21)35-14-16-41-29(35)39/h4-10,17,19-20,26-27,37,40H,11-16,18H2,1-3H3/t20-,26+,27-,31+/m0/s1. The van der Waals surface area contributed by atoms with Crippen LogP contribution < -0.4 is 9.80 Å². The molecule has 4 atom stereocenters. The molecule has 2 fully saturated rings. The van der Waals surface area contributed by atoms with Gasteiger partial charge in [0.25, 0.3) is 5.91 Å². The van der Waals surface area contributed by atoms with E-state index in [1.807, 2.05) is 55.5 Å². The normalized spacial score (nSPS) is 25.5. The second-order valence-corrected chi connectivity index (χ2v) is 11.9. The van der Waals surface area contributed by atoms with E-state index in [2.05, 4.69) is 10.3 Å². The third-order valence-electron chi connectivity index (χ3n) is 8.81. The first-order chi connectivity index (χ1) is 20.1. The molecule has 4 heterocycles. The number of fused-ring (bicyclic) bond motifs is 2. The van der Waals surface area contributed by atoms with E-state index < -0.39 is 17.3 Å². The van der Waals surface area contributed by atoms with Crippen molar-refractivity contribution in [1.29, 1.82) is 0 Å². The lowest BCUT2D eigenvalue weighted by atomic mass is 9.71. The molecule has 11 nitrogen and oxygen atoms in total. The monoisotopic (exact) mass is 575 g/mol. The van der Waals surface area contributed by atoms with Crippen LogP contribution in [0.1, 0.15) is 44.0 Å². The number of hydrogen-bond donors (Lipinski definition) is 2. The van der Waals surface area contributed by atoms with E-state index in [9.17, 15) is 19.8 Å². The molecule has 2 amide bonds. The second kappa shape index (κ2) is 10.8. The van der Waals surface area contributed by atoms with E-state index in [-0.39, 0.29) is 30.4 Å². The molecule has 0 saturated carbocycles. The number of nitrogens with zero attached hydrogens (tertiary/aromatic N) is 5. The highest BCUT2D eigenvalue weighted by molar-refractivity contribution is 6.07. The molecule has 0 radical (unpaired) electrons. The lowest BCUT2D eigenvalue weighted by Gasteiger charge is -2.34. The van der Waals surface area contributed by atoms with Crippen molar-refractivity contribution in [2.45, 2.75) is 64.0 Å². The molecule has 11 heteroatoms. The van der Waals surface area contributed by atoms with Crippen molar-refractivity contribution in [2.75, 3.05) is 29.6 Å². The fourth-order valence-electron chi connectivity index (χ4n) is 7.03. The first-order valence-corrected chi connectivity index (χ1v) is 14.5. The minimum Gasteiger partial charge on any atom is -0.447 e. The van der Waals surface area contributed by atoms with Crippen molar-refractivity contribution in [2.24, 2.45) is 11.8 Å². The number of aryl methyl sites for hydroxylation is 1. The Morgan fingerprint density at radius 1 is 1.14 bits per heavy atom. The summed E-state index contributed by atoms with van der Waals surface area (Å²) >= 11 is 0. The van der Waals surface area contributed by atoms with Crippen LogP contribution in [0.3, 0.4) is 0 Å². The second-order valence-electron chi connectivity index (χ2n) is 11.9. The summed E-state index contributed by atoms with van der Waals surface area (Å²) in [4.78, 5) is 30.0. The molecule has 3 aromatic rings. The van der Waals surface area contributed by atoms with Gasteiger partial charge in [0.2, 0.25) is 0 Å². The summed E-state index contributed by atoms with van der Waals surface area (Å²) in [6.07, 6.45) is 1.95. The molecule has 3 aliphatic rings. The Kier molecular flexibility index (Phi) is 7.28. The molecule has 0 unspecified atom stereocenters. The van der Waals surface area contributed by atoms with Gasteiger partial charge in [0.05, 0.1) is 36.2 Å². The van der Waals surface area contributed by atoms with Gasteiger partial charge in [-0.3, -0.25) is 14.4 Å². The molecule has 1 spiro atoms. The first kappa shape index (κ1) is 28.3. The number of rotatable bonds is 9. The Hall–Kier alpha value is -3.80. The fraction of sp³-hybridized carbons (Fsp3) is 0.484. The molecule has 42 heavy (non-hydrogen) atoms. The van der Waals surface area contributed by atoms with Crippen molar-refractivity contribution in [3.8, 4) is 0 Å². The van der Waals surface area contributed by atoms with Crippen molar-refractivity contribution < 1.29 is 29.3 Å². The summed E-state index contributed by atoms with van der Waals surface area (Å²) < 4.78 is 13.7. The number of para-hydroxylation sites is 1. The van der Waals surface area contributed by atoms with Gasteiger partial charge in [0.1, 0.15) is 6.61 Å². The Bertz CT molecular complexity index is 1480. The molecular formula is C31H37N5O6. The van der Waals surface area contributed by atoms with Crippen molar-refractivity contribution in [1.82, 2.24) is 15.0 Å². The number of cyclic esters (lactones) is 1. The highest BCUT2D eigenvalue weighted by Crippen LogP contribution is 2.58. The van der Waals surface area contributed by atoms with E-state index in [1.54, 1.807) is 34.5 Å². The molecule has 1 aromatic heterocycles. The van der Waals surface area contributed by atoms with E-state index in [0.717, 1.165) is 22.5 Å². The smallest absolute Gasteiger partial charge is 0.414 e. The predicted octanol–water partition coefficient (Wildman–Crippen LogP) is 3.02. The highest BCUT2D eigenvalue weighted by Gasteiger charge is 2.65. The predicted molar refractivity (Wildman–Crippen MR) is 154 cm³/mol. The Balaban J connectivity index is 1.30. The number of benzene rings is 2. The maximum Gasteiger partial charge on any atom is 0.414 e. The Labute approximate surface area is 244 Å². The summed E-state index contributed by atoms with van der Waals surface area (Å²) in [5.41, 5.74) is 1.51. The molecule has 222 valence electrons. The fourth-order valence-corrected chi connectivity index (χ4v) is 7.03. The topological polar surface area (TPSA) is 130 Å². The summed E-state index contributed by atoms with van der Waals surface area (Å²) in [5, 5.41) is 28.8. The number of amides is 2. The zero-order chi connectivity index (χ0) is 29.6. The molecule has 0 bridgehead atoms. The van der Waals surface area contributed by atoms with Gasteiger partial charge in [-0.25, -0.2) is 4.79 Å². The summed E-state index contributed by atoms with van der Waals surface area (Å²) in [7, 11) is 0. The van der Waals surface area contributed by atoms with E-state index in [1.165, 1.54) is 0 Å². The first-order valence-electron chi connectivity index (χ1n) is 14.5. The van der Waals surface area contributed by atoms with Crippen LogP contribution in [0.2, 0.25) is 0 Å². The van der Waals surface area contributed by atoms with Gasteiger partial charge in [0, 0.05) is 48.9 Å². The van der Waals surface area contributed by atoms with Crippen molar-refractivity contribution in [3.05, 3.63) is 71.5 Å². The molecule has 6 rings (SSSR count). The van der Waals surface area contributed by atoms with Crippen LogP contribution in [0.15, 0.2) is 54.7 Å². The number of ether oxygens (including phenoxy) is 2. The number of aliphatic hydroxyl groups is 2. The van der Waals surface area contributed by atoms with Gasteiger partial charge in [-0.1, -0.05) is 42.5 Å². The Morgan fingerprint density at radius 3 is 2.69 bits per heavy atom. The quantitative estimate of drug-likeness (QED) is 0.398. The molecule has 2 saturated heterocycles. The number of carbonyl (C=O) groups is 2. The number of anilines is 2. The molecule has 2 N–H and O–H groups in total. The zero-order valence-electron chi connectivity index (χ0n) is 24.1. The van der Waals surface area contributed by atoms with Crippen molar-refractivity contribution >= 4 is 23.4 Å². The average molecular weight is 576 g/mol. The highest BCUT2D eigenvalue weighted by atomic mass is 16.6. The molecule has 3 aliphatic heterocycles. The van der Waals surface area contributed by atoms with Gasteiger partial charge >= 0.3 is 6.09 Å². The van der Waals surface area contributed by atoms with Crippen LogP contribution in [0.4, 0.5) is 16.2 Å². The summed E-state index contributed by atoms with van der Waals surface area (Å²) in [5.74, 6) is -0.822. The van der Waals surface area contributed by atoms with Gasteiger partial charge in [-0.15, -0.1) is 5.10 Å². The molecular weight excluding hydrogens is 538 g/mol. The minimum absolute atomic E-state index is 0.00164. The van der Waals surface area contributed by atoms with Gasteiger partial charge < -0.3 is 24.6 Å². The molecule has 0 aliphatic carbocycles. The van der Waals surface area contributed by atoms with Crippen LogP contribution in [0, 0.1) is 11.8 Å². The zero-order valence-corrected chi connectivity index (χ0v) is 24.1. The minimum atomic E-state index is -1.26. The lowest BCUT2D eigenvalue weighted by Crippen LogP contribution is -2.46. The van der Waals surface area contributed by atoms with E-state index >= 15 is 0 Å². The average Bonchev–Trinajstić information content (AvgIpc) is 3.71. The van der Waals surface area contributed by atoms with Crippen molar-refractivity contribution in [3.63, 3.8) is 0 Å². The lowest BCUT2D eigenvalue weighted by molar-refractivity contribution is -0.146. The van der Waals surface area contributed by atoms with Gasteiger partial charge in [-0.05, 0) is 44.0 Å². The Morgan fingerprint density at radius 2 is 1.95 bits per heavy atom. The summed E-state index contributed by atoms with van der Waals surface area (Å²) in [6.45, 7) is 7.17. The van der Waals surface area contributed by atoms with E-state index in [0.29, 0.717) is 44.8 Å². The van der Waals surface area contributed by atoms with Crippen LogP contribution in [-0.2, 0) is 39.4 Å².